The van der Waals surface area contributed by atoms with Crippen LogP contribution in [0.25, 0.3) is 0 Å². The average molecular weight is 270 g/mol. The third-order valence-electron chi connectivity index (χ3n) is 3.09. The Morgan fingerprint density at radius 3 is 1.37 bits per heavy atom. The number of allylic oxidation sites excluding steroid dienone is 2. The maximum Gasteiger partial charge on any atom is 0.0887 e. The van der Waals surface area contributed by atoms with E-state index in [1.54, 1.807) is 12.5 Å². The van der Waals surface area contributed by atoms with Crippen LogP contribution in [0.4, 0.5) is 0 Å². The zero-order valence-electron chi connectivity index (χ0n) is 12.9. The molecule has 0 spiro atoms. The largest absolute Gasteiger partial charge is 0.473 e. The molecule has 1 rings (SSSR count). The Kier molecular flexibility index (Phi) is 10.6. The summed E-state index contributed by atoms with van der Waals surface area (Å²) in [6.07, 6.45) is 7.85. The van der Waals surface area contributed by atoms with Crippen LogP contribution in [0.2, 0.25) is 0 Å². The van der Waals surface area contributed by atoms with E-state index in [0.717, 1.165) is 25.7 Å². The first-order valence-electron chi connectivity index (χ1n) is 7.13. The number of hydrogen-bond donors (Lipinski definition) is 2. The molecule has 3 heteroatoms. The van der Waals surface area contributed by atoms with Crippen molar-refractivity contribution in [3.63, 3.8) is 0 Å². The van der Waals surface area contributed by atoms with E-state index >= 15 is 0 Å². The van der Waals surface area contributed by atoms with E-state index in [2.05, 4.69) is 0 Å². The molecule has 0 bridgehead atoms. The lowest BCUT2D eigenvalue weighted by Gasteiger charge is -2.25. The highest BCUT2D eigenvalue weighted by Crippen LogP contribution is 2.27. The topological polar surface area (TPSA) is 49.7 Å². The Morgan fingerprint density at radius 2 is 1.16 bits per heavy atom. The van der Waals surface area contributed by atoms with Crippen LogP contribution in [-0.2, 0) is 4.74 Å². The quantitative estimate of drug-likeness (QED) is 0.767. The maximum absolute atomic E-state index is 8.79. The summed E-state index contributed by atoms with van der Waals surface area (Å²) >= 11 is 0. The Labute approximate surface area is 118 Å². The van der Waals surface area contributed by atoms with E-state index < -0.39 is 0 Å². The second-order valence-electron chi connectivity index (χ2n) is 5.78. The lowest BCUT2D eigenvalue weighted by atomic mass is 9.83. The number of hydrogen-bond acceptors (Lipinski definition) is 3. The van der Waals surface area contributed by atoms with Gasteiger partial charge in [0.1, 0.15) is 0 Å². The molecule has 0 aromatic heterocycles. The van der Waals surface area contributed by atoms with Crippen molar-refractivity contribution < 1.29 is 14.9 Å². The lowest BCUT2D eigenvalue weighted by Crippen LogP contribution is -2.19. The summed E-state index contributed by atoms with van der Waals surface area (Å²) in [7, 11) is 0. The molecule has 0 radical (unpaired) electrons. The summed E-state index contributed by atoms with van der Waals surface area (Å²) in [6.45, 7) is 8.66. The van der Waals surface area contributed by atoms with Crippen LogP contribution < -0.4 is 0 Å². The van der Waals surface area contributed by atoms with Gasteiger partial charge in [0.2, 0.25) is 0 Å². The zero-order chi connectivity index (χ0) is 14.7. The van der Waals surface area contributed by atoms with Crippen molar-refractivity contribution in [3.05, 3.63) is 23.7 Å². The summed E-state index contributed by atoms with van der Waals surface area (Å²) in [5.41, 5.74) is 2.35. The van der Waals surface area contributed by atoms with Gasteiger partial charge in [0.15, 0.2) is 0 Å². The SMILES string of the molecule is CC(C)=COC=C(C)C.OCC1CCC(CO)CC1. The number of ether oxygens (including phenoxy) is 1. The number of aliphatic hydroxyl groups is 2. The first-order valence-corrected chi connectivity index (χ1v) is 7.13. The van der Waals surface area contributed by atoms with Crippen LogP contribution in [-0.4, -0.2) is 23.4 Å². The predicted octanol–water partition coefficient (Wildman–Crippen LogP) is 3.63. The highest BCUT2D eigenvalue weighted by molar-refractivity contribution is 4.92. The van der Waals surface area contributed by atoms with E-state index in [4.69, 9.17) is 14.9 Å². The molecule has 0 saturated heterocycles. The molecule has 1 aliphatic rings. The van der Waals surface area contributed by atoms with Gasteiger partial charge in [0, 0.05) is 13.2 Å². The molecule has 0 aliphatic heterocycles. The van der Waals surface area contributed by atoms with E-state index in [1.165, 1.54) is 11.1 Å². The second kappa shape index (κ2) is 11.1. The van der Waals surface area contributed by atoms with Crippen molar-refractivity contribution in [2.24, 2.45) is 11.8 Å². The van der Waals surface area contributed by atoms with Crippen LogP contribution >= 0.6 is 0 Å². The Morgan fingerprint density at radius 1 is 0.842 bits per heavy atom. The molecule has 1 fully saturated rings. The van der Waals surface area contributed by atoms with Gasteiger partial charge in [-0.15, -0.1) is 0 Å². The fraction of sp³-hybridized carbons (Fsp3) is 0.750. The third kappa shape index (κ3) is 10.8. The fourth-order valence-electron chi connectivity index (χ4n) is 1.90. The smallest absolute Gasteiger partial charge is 0.0887 e. The molecule has 0 unspecified atom stereocenters. The van der Waals surface area contributed by atoms with Gasteiger partial charge in [0.25, 0.3) is 0 Å². The summed E-state index contributed by atoms with van der Waals surface area (Å²) < 4.78 is 5.03. The molecule has 2 N–H and O–H groups in total. The summed E-state index contributed by atoms with van der Waals surface area (Å²) in [5, 5.41) is 17.6. The van der Waals surface area contributed by atoms with Gasteiger partial charge in [-0.3, -0.25) is 0 Å². The molecule has 19 heavy (non-hydrogen) atoms. The molecular formula is C16H30O3. The van der Waals surface area contributed by atoms with Crippen LogP contribution in [0.1, 0.15) is 53.4 Å². The van der Waals surface area contributed by atoms with Crippen molar-refractivity contribution >= 4 is 0 Å². The molecule has 0 aromatic carbocycles. The minimum Gasteiger partial charge on any atom is -0.473 e. The molecule has 1 aliphatic carbocycles. The van der Waals surface area contributed by atoms with E-state index in [9.17, 15) is 0 Å². The van der Waals surface area contributed by atoms with Gasteiger partial charge in [-0.25, -0.2) is 0 Å². The number of aliphatic hydroxyl groups excluding tert-OH is 2. The second-order valence-corrected chi connectivity index (χ2v) is 5.78. The van der Waals surface area contributed by atoms with Gasteiger partial charge in [0.05, 0.1) is 12.5 Å². The Bertz CT molecular complexity index is 238. The molecule has 0 atom stereocenters. The van der Waals surface area contributed by atoms with Gasteiger partial charge in [-0.05, 0) is 76.4 Å². The van der Waals surface area contributed by atoms with Crippen molar-refractivity contribution in [3.8, 4) is 0 Å². The van der Waals surface area contributed by atoms with Crippen molar-refractivity contribution in [2.45, 2.75) is 53.4 Å². The predicted molar refractivity (Wildman–Crippen MR) is 79.6 cm³/mol. The summed E-state index contributed by atoms with van der Waals surface area (Å²) in [5.74, 6) is 1.03. The monoisotopic (exact) mass is 270 g/mol. The van der Waals surface area contributed by atoms with Crippen LogP contribution in [0.15, 0.2) is 23.7 Å². The minimum atomic E-state index is 0.331. The van der Waals surface area contributed by atoms with Gasteiger partial charge in [-0.2, -0.15) is 0 Å². The van der Waals surface area contributed by atoms with Gasteiger partial charge < -0.3 is 14.9 Å². The summed E-state index contributed by atoms with van der Waals surface area (Å²) in [6, 6.07) is 0. The standard InChI is InChI=1S/C8H16O2.C8H14O/c9-5-7-1-2-8(6-10)4-3-7;1-7(2)5-9-6-8(3)4/h7-10H,1-6H2;5-6H,1-4H3. The van der Waals surface area contributed by atoms with Crippen molar-refractivity contribution in [1.82, 2.24) is 0 Å². The van der Waals surface area contributed by atoms with Crippen LogP contribution in [0.3, 0.4) is 0 Å². The maximum atomic E-state index is 8.79. The highest BCUT2D eigenvalue weighted by atomic mass is 16.5. The summed E-state index contributed by atoms with van der Waals surface area (Å²) in [4.78, 5) is 0. The van der Waals surface area contributed by atoms with E-state index in [0.29, 0.717) is 25.0 Å². The number of rotatable bonds is 4. The molecular weight excluding hydrogens is 240 g/mol. The zero-order valence-corrected chi connectivity index (χ0v) is 12.9. The van der Waals surface area contributed by atoms with Gasteiger partial charge in [-0.1, -0.05) is 0 Å². The third-order valence-corrected chi connectivity index (χ3v) is 3.09. The van der Waals surface area contributed by atoms with Gasteiger partial charge >= 0.3 is 0 Å². The molecule has 112 valence electrons. The molecule has 0 aromatic rings. The molecule has 3 nitrogen and oxygen atoms in total. The lowest BCUT2D eigenvalue weighted by molar-refractivity contribution is 0.131. The van der Waals surface area contributed by atoms with Crippen LogP contribution in [0.5, 0.6) is 0 Å². The Hall–Kier alpha value is -0.800. The molecule has 0 amide bonds. The minimum absolute atomic E-state index is 0.331. The molecule has 1 saturated carbocycles. The Balaban J connectivity index is 0.000000344. The molecule has 0 heterocycles. The first kappa shape index (κ1) is 18.2. The van der Waals surface area contributed by atoms with Crippen molar-refractivity contribution in [1.29, 1.82) is 0 Å². The van der Waals surface area contributed by atoms with Crippen LogP contribution in [0, 0.1) is 11.8 Å². The van der Waals surface area contributed by atoms with Crippen molar-refractivity contribution in [2.75, 3.05) is 13.2 Å². The first-order chi connectivity index (χ1) is 8.99. The fourth-order valence-corrected chi connectivity index (χ4v) is 1.90. The van der Waals surface area contributed by atoms with E-state index in [-0.39, 0.29) is 0 Å². The van der Waals surface area contributed by atoms with E-state index in [1.807, 2.05) is 27.7 Å². The highest BCUT2D eigenvalue weighted by Gasteiger charge is 2.19. The average Bonchev–Trinajstić information content (AvgIpc) is 2.38. The normalized spacial score (nSPS) is 21.8.